The third kappa shape index (κ3) is 6.05. The first-order valence-electron chi connectivity index (χ1n) is 22.2. The minimum Gasteiger partial charge on any atom is -0.317 e. The number of aldehydes is 1. The molecule has 67 heavy (non-hydrogen) atoms. The number of amides is 1. The molecule has 318 valence electrons. The Balaban J connectivity index is 1.15. The van der Waals surface area contributed by atoms with Crippen molar-refractivity contribution in [2.75, 3.05) is 11.9 Å². The van der Waals surface area contributed by atoms with Gasteiger partial charge in [0.15, 0.2) is 6.29 Å². The van der Waals surface area contributed by atoms with Crippen molar-refractivity contribution in [3.63, 3.8) is 0 Å². The number of carbonyl (C=O) groups is 2. The maximum Gasteiger partial charge on any atom is 0.266 e. The molecule has 7 heteroatoms. The number of anilines is 1. The van der Waals surface area contributed by atoms with Crippen LogP contribution in [-0.4, -0.2) is 28.7 Å². The van der Waals surface area contributed by atoms with Crippen LogP contribution in [0.1, 0.15) is 15.9 Å². The van der Waals surface area contributed by atoms with Crippen LogP contribution in [0.5, 0.6) is 0 Å². The fraction of sp³-hybridized carbons (Fsp3) is 0.0333. The van der Waals surface area contributed by atoms with Gasteiger partial charge in [-0.2, -0.15) is 0 Å². The van der Waals surface area contributed by atoms with Crippen molar-refractivity contribution in [1.82, 2.24) is 8.97 Å². The summed E-state index contributed by atoms with van der Waals surface area (Å²) in [4.78, 5) is 54.9. The third-order valence-corrected chi connectivity index (χ3v) is 13.5. The standard InChI is InChI=1S/C60H39N3O4/c1-36-14-6-8-18-43(36)51-30-40(31-52(57(51)61(2)35-65)44-19-9-7-15-39(44)34-64)37-24-26-55-49(28-37)50-29-38(25-27-56(50)62(55)42-16-4-3-5-17-42)41-32-53-45-20-10-12-22-47(45)59(66)63-58(53)54(33-41)46-21-11-13-23-48(46)60(63)67/h3-35H,1-2H3. The van der Waals surface area contributed by atoms with Gasteiger partial charge in [0.05, 0.1) is 22.2 Å². The number of rotatable bonds is 8. The first kappa shape index (κ1) is 39.6. The molecule has 0 aliphatic carbocycles. The van der Waals surface area contributed by atoms with Crippen LogP contribution >= 0.6 is 0 Å². The second kappa shape index (κ2) is 15.4. The topological polar surface area (TPSA) is 80.9 Å². The average Bonchev–Trinajstić information content (AvgIpc) is 3.71. The predicted octanol–water partition coefficient (Wildman–Crippen LogP) is 13.0. The quantitative estimate of drug-likeness (QED) is 0.0865. The van der Waals surface area contributed by atoms with Crippen LogP contribution < -0.4 is 16.0 Å². The molecule has 3 aromatic heterocycles. The van der Waals surface area contributed by atoms with E-state index in [2.05, 4.69) is 96.4 Å². The van der Waals surface area contributed by atoms with E-state index in [1.807, 2.05) is 84.9 Å². The summed E-state index contributed by atoms with van der Waals surface area (Å²) >= 11 is 0. The third-order valence-electron chi connectivity index (χ3n) is 13.5. The van der Waals surface area contributed by atoms with Gasteiger partial charge in [0, 0.05) is 61.7 Å². The molecular formula is C60H39N3O4. The molecule has 0 atom stereocenters. The summed E-state index contributed by atoms with van der Waals surface area (Å²) in [5.74, 6) is 0. The Morgan fingerprint density at radius 2 is 0.910 bits per heavy atom. The molecule has 0 aliphatic rings. The van der Waals surface area contributed by atoms with Crippen LogP contribution in [0.15, 0.2) is 198 Å². The summed E-state index contributed by atoms with van der Waals surface area (Å²) < 4.78 is 3.65. The Hall–Kier alpha value is -8.94. The summed E-state index contributed by atoms with van der Waals surface area (Å²) in [6.45, 7) is 2.07. The van der Waals surface area contributed by atoms with Crippen molar-refractivity contribution in [3.05, 3.63) is 220 Å². The van der Waals surface area contributed by atoms with E-state index in [4.69, 9.17) is 0 Å². The SMILES string of the molecule is Cc1ccccc1-c1cc(-c2ccc3c(c2)c2cc(-c4cc5c6ccccc6c(=O)n6c(=O)c7ccccc7c(c4)c56)ccc2n3-c2ccccc2)cc(-c2ccccc2C=O)c1N(C)C=O. The smallest absolute Gasteiger partial charge is 0.266 e. The fourth-order valence-electron chi connectivity index (χ4n) is 10.4. The molecule has 12 rings (SSSR count). The van der Waals surface area contributed by atoms with Crippen LogP contribution in [-0.2, 0) is 4.79 Å². The van der Waals surface area contributed by atoms with Crippen LogP contribution in [0.3, 0.4) is 0 Å². The molecule has 0 saturated heterocycles. The van der Waals surface area contributed by atoms with E-state index >= 15 is 0 Å². The maximum atomic E-state index is 14.1. The summed E-state index contributed by atoms with van der Waals surface area (Å²) in [5.41, 5.74) is 12.5. The highest BCUT2D eigenvalue weighted by molar-refractivity contribution is 6.20. The Morgan fingerprint density at radius 1 is 0.433 bits per heavy atom. The normalized spacial score (nSPS) is 11.7. The van der Waals surface area contributed by atoms with Gasteiger partial charge in [-0.1, -0.05) is 115 Å². The molecule has 0 aliphatic heterocycles. The van der Waals surface area contributed by atoms with Gasteiger partial charge >= 0.3 is 0 Å². The number of para-hydroxylation sites is 1. The molecule has 3 heterocycles. The number of aromatic nitrogens is 2. The lowest BCUT2D eigenvalue weighted by atomic mass is 9.87. The van der Waals surface area contributed by atoms with E-state index in [0.29, 0.717) is 27.5 Å². The van der Waals surface area contributed by atoms with Gasteiger partial charge < -0.3 is 9.47 Å². The number of aryl methyl sites for hydroxylation is 1. The van der Waals surface area contributed by atoms with Gasteiger partial charge in [-0.15, -0.1) is 0 Å². The van der Waals surface area contributed by atoms with Crippen LogP contribution in [0.4, 0.5) is 5.69 Å². The van der Waals surface area contributed by atoms with E-state index in [9.17, 15) is 19.2 Å². The van der Waals surface area contributed by atoms with Gasteiger partial charge in [0.2, 0.25) is 6.41 Å². The van der Waals surface area contributed by atoms with Crippen molar-refractivity contribution >= 4 is 78.0 Å². The monoisotopic (exact) mass is 865 g/mol. The zero-order valence-electron chi connectivity index (χ0n) is 36.5. The Labute approximate surface area is 384 Å². The minimum absolute atomic E-state index is 0.320. The lowest BCUT2D eigenvalue weighted by Crippen LogP contribution is -2.27. The molecule has 9 aromatic carbocycles. The summed E-state index contributed by atoms with van der Waals surface area (Å²) in [7, 11) is 1.75. The van der Waals surface area contributed by atoms with E-state index in [-0.39, 0.29) is 11.1 Å². The number of benzene rings is 9. The van der Waals surface area contributed by atoms with E-state index in [0.717, 1.165) is 112 Å². The van der Waals surface area contributed by atoms with Crippen molar-refractivity contribution < 1.29 is 9.59 Å². The van der Waals surface area contributed by atoms with Gasteiger partial charge in [-0.25, -0.2) is 4.40 Å². The van der Waals surface area contributed by atoms with Crippen LogP contribution in [0.2, 0.25) is 0 Å². The first-order chi connectivity index (χ1) is 32.8. The number of fused-ring (bicyclic) bond motifs is 7. The molecule has 0 unspecified atom stereocenters. The first-order valence-corrected chi connectivity index (χ1v) is 22.2. The molecule has 0 radical (unpaired) electrons. The number of hydrogen-bond acceptors (Lipinski definition) is 4. The number of carbonyl (C=O) groups excluding carboxylic acids is 2. The summed E-state index contributed by atoms with van der Waals surface area (Å²) in [6, 6.07) is 62.7. The second-order valence-electron chi connectivity index (χ2n) is 17.2. The highest BCUT2D eigenvalue weighted by Gasteiger charge is 2.23. The second-order valence-corrected chi connectivity index (χ2v) is 17.2. The lowest BCUT2D eigenvalue weighted by Gasteiger charge is -2.24. The van der Waals surface area contributed by atoms with Crippen molar-refractivity contribution in [2.24, 2.45) is 0 Å². The molecule has 0 fully saturated rings. The van der Waals surface area contributed by atoms with E-state index < -0.39 is 0 Å². The highest BCUT2D eigenvalue weighted by atomic mass is 16.2. The number of nitrogens with zero attached hydrogens (tertiary/aromatic N) is 3. The Kier molecular flexibility index (Phi) is 9.08. The summed E-state index contributed by atoms with van der Waals surface area (Å²) in [5, 5.41) is 6.33. The fourth-order valence-corrected chi connectivity index (χ4v) is 10.4. The van der Waals surface area contributed by atoms with Crippen LogP contribution in [0, 0.1) is 6.92 Å². The molecule has 7 nitrogen and oxygen atoms in total. The molecule has 0 N–H and O–H groups in total. The Morgan fingerprint density at radius 3 is 1.48 bits per heavy atom. The summed E-state index contributed by atoms with van der Waals surface area (Å²) in [6.07, 6.45) is 1.68. The van der Waals surface area contributed by atoms with Gasteiger partial charge in [0.25, 0.3) is 11.1 Å². The molecule has 0 spiro atoms. The Bertz CT molecular complexity index is 4070. The predicted molar refractivity (Wildman–Crippen MR) is 274 cm³/mol. The zero-order chi connectivity index (χ0) is 45.5. The van der Waals surface area contributed by atoms with Gasteiger partial charge in [-0.3, -0.25) is 19.2 Å². The molecule has 1 amide bonds. The van der Waals surface area contributed by atoms with Gasteiger partial charge in [-0.05, 0) is 129 Å². The number of pyridine rings is 2. The minimum atomic E-state index is -0.320. The van der Waals surface area contributed by atoms with Gasteiger partial charge in [0.1, 0.15) is 0 Å². The van der Waals surface area contributed by atoms with E-state index in [1.54, 1.807) is 30.1 Å². The van der Waals surface area contributed by atoms with Crippen molar-refractivity contribution in [2.45, 2.75) is 6.92 Å². The van der Waals surface area contributed by atoms with E-state index in [1.165, 1.54) is 4.40 Å². The average molecular weight is 866 g/mol. The maximum absolute atomic E-state index is 14.1. The van der Waals surface area contributed by atoms with Crippen molar-refractivity contribution in [3.8, 4) is 50.2 Å². The van der Waals surface area contributed by atoms with Crippen molar-refractivity contribution in [1.29, 1.82) is 0 Å². The largest absolute Gasteiger partial charge is 0.317 e. The highest BCUT2D eigenvalue weighted by Crippen LogP contribution is 2.46. The lowest BCUT2D eigenvalue weighted by molar-refractivity contribution is -0.107. The van der Waals surface area contributed by atoms with Crippen LogP contribution in [0.25, 0.3) is 110 Å². The zero-order valence-corrected chi connectivity index (χ0v) is 36.5. The molecule has 12 aromatic rings. The molecule has 0 saturated carbocycles. The molecule has 0 bridgehead atoms. The molecular weight excluding hydrogens is 827 g/mol. The number of hydrogen-bond donors (Lipinski definition) is 0.